The van der Waals surface area contributed by atoms with Gasteiger partial charge in [0.05, 0.1) is 12.0 Å². The molecule has 5 nitrogen and oxygen atoms in total. The van der Waals surface area contributed by atoms with Crippen LogP contribution in [-0.4, -0.2) is 22.6 Å². The Morgan fingerprint density at radius 3 is 2.38 bits per heavy atom. The maximum Gasteiger partial charge on any atom is 0.310 e. The predicted molar refractivity (Wildman–Crippen MR) is 45.4 cm³/mol. The van der Waals surface area contributed by atoms with Crippen molar-refractivity contribution in [3.63, 3.8) is 0 Å². The molecule has 0 bridgehead atoms. The number of hydrogen-bond acceptors (Lipinski definition) is 4. The molecule has 0 atom stereocenters. The molecule has 0 radical (unpaired) electrons. The van der Waals surface area contributed by atoms with Gasteiger partial charge in [-0.25, -0.2) is 4.79 Å². The molecular formula is C8H13NO4. The SMILES string of the molecule is CC(C)(C)ONC(=C=O)CC(=O)O. The molecule has 0 spiro atoms. The van der Waals surface area contributed by atoms with Crippen LogP contribution in [0.1, 0.15) is 27.2 Å². The molecule has 0 rings (SSSR count). The molecule has 0 heterocycles. The summed E-state index contributed by atoms with van der Waals surface area (Å²) < 4.78 is 0. The Bertz CT molecular complexity index is 235. The molecule has 13 heavy (non-hydrogen) atoms. The van der Waals surface area contributed by atoms with Crippen LogP contribution in [0, 0.1) is 0 Å². The Kier molecular flexibility index (Phi) is 4.17. The summed E-state index contributed by atoms with van der Waals surface area (Å²) in [7, 11) is 0. The van der Waals surface area contributed by atoms with Crippen molar-refractivity contribution in [3.8, 4) is 0 Å². The lowest BCUT2D eigenvalue weighted by Crippen LogP contribution is -2.29. The van der Waals surface area contributed by atoms with E-state index in [1.165, 1.54) is 5.94 Å². The van der Waals surface area contributed by atoms with Crippen molar-refractivity contribution >= 4 is 11.9 Å². The quantitative estimate of drug-likeness (QED) is 0.495. The number of rotatable bonds is 4. The molecule has 0 aromatic rings. The van der Waals surface area contributed by atoms with Gasteiger partial charge in [0.25, 0.3) is 0 Å². The van der Waals surface area contributed by atoms with E-state index in [2.05, 4.69) is 5.48 Å². The third kappa shape index (κ3) is 7.05. The van der Waals surface area contributed by atoms with Crippen molar-refractivity contribution in [1.82, 2.24) is 5.48 Å². The number of hydroxylamine groups is 1. The predicted octanol–water partition coefficient (Wildman–Crippen LogP) is 0.496. The van der Waals surface area contributed by atoms with Crippen molar-refractivity contribution in [2.24, 2.45) is 0 Å². The number of carboxylic acid groups (broad SMARTS) is 1. The van der Waals surface area contributed by atoms with E-state index in [0.717, 1.165) is 0 Å². The number of aliphatic carboxylic acids is 1. The standard InChI is InChI=1S/C8H13NO4/c1-8(2,3)13-9-6(5-10)4-7(11)12/h9H,4H2,1-3H3,(H,11,12). The molecule has 0 aromatic heterocycles. The van der Waals surface area contributed by atoms with Crippen molar-refractivity contribution in [1.29, 1.82) is 0 Å². The van der Waals surface area contributed by atoms with E-state index < -0.39 is 18.0 Å². The zero-order valence-electron chi connectivity index (χ0n) is 7.88. The molecular weight excluding hydrogens is 174 g/mol. The molecule has 0 aromatic carbocycles. The van der Waals surface area contributed by atoms with Gasteiger partial charge in [-0.3, -0.25) is 15.1 Å². The van der Waals surface area contributed by atoms with Crippen LogP contribution >= 0.6 is 0 Å². The van der Waals surface area contributed by atoms with Crippen LogP contribution in [0.25, 0.3) is 0 Å². The van der Waals surface area contributed by atoms with Crippen LogP contribution in [0.4, 0.5) is 0 Å². The van der Waals surface area contributed by atoms with Gasteiger partial charge in [-0.15, -0.1) is 0 Å². The smallest absolute Gasteiger partial charge is 0.310 e. The first-order valence-electron chi connectivity index (χ1n) is 3.75. The second-order valence-electron chi connectivity index (χ2n) is 3.47. The number of carbonyl (C=O) groups is 1. The van der Waals surface area contributed by atoms with Gasteiger partial charge >= 0.3 is 5.97 Å². The van der Waals surface area contributed by atoms with E-state index in [4.69, 9.17) is 9.94 Å². The third-order valence-electron chi connectivity index (χ3n) is 0.932. The van der Waals surface area contributed by atoms with Crippen LogP contribution in [-0.2, 0) is 14.4 Å². The fraction of sp³-hybridized carbons (Fsp3) is 0.625. The van der Waals surface area contributed by atoms with E-state index in [9.17, 15) is 9.59 Å². The van der Waals surface area contributed by atoms with Gasteiger partial charge in [-0.1, -0.05) is 0 Å². The van der Waals surface area contributed by atoms with Crippen LogP contribution in [0.3, 0.4) is 0 Å². The Labute approximate surface area is 76.3 Å². The molecule has 5 heteroatoms. The summed E-state index contributed by atoms with van der Waals surface area (Å²) in [5.41, 5.74) is 1.64. The van der Waals surface area contributed by atoms with Gasteiger partial charge in [0.15, 0.2) is 0 Å². The summed E-state index contributed by atoms with van der Waals surface area (Å²) in [6.45, 7) is 5.30. The lowest BCUT2D eigenvalue weighted by Gasteiger charge is -2.19. The van der Waals surface area contributed by atoms with E-state index in [0.29, 0.717) is 0 Å². The highest BCUT2D eigenvalue weighted by atomic mass is 16.7. The van der Waals surface area contributed by atoms with Crippen LogP contribution in [0.5, 0.6) is 0 Å². The van der Waals surface area contributed by atoms with Crippen molar-refractivity contribution in [2.45, 2.75) is 32.8 Å². The highest BCUT2D eigenvalue weighted by Crippen LogP contribution is 2.05. The van der Waals surface area contributed by atoms with Gasteiger partial charge in [0, 0.05) is 0 Å². The van der Waals surface area contributed by atoms with E-state index in [1.54, 1.807) is 20.8 Å². The summed E-state index contributed by atoms with van der Waals surface area (Å²) in [6.07, 6.45) is -0.417. The first-order chi connectivity index (χ1) is 5.85. The van der Waals surface area contributed by atoms with Gasteiger partial charge in [-0.2, -0.15) is 0 Å². The second-order valence-corrected chi connectivity index (χ2v) is 3.47. The summed E-state index contributed by atoms with van der Waals surface area (Å²) in [5, 5.41) is 8.35. The molecule has 0 amide bonds. The highest BCUT2D eigenvalue weighted by molar-refractivity contribution is 5.73. The Morgan fingerprint density at radius 1 is 1.54 bits per heavy atom. The van der Waals surface area contributed by atoms with E-state index in [1.807, 2.05) is 0 Å². The topological polar surface area (TPSA) is 75.6 Å². The Balaban J connectivity index is 4.03. The molecule has 0 aliphatic rings. The second kappa shape index (κ2) is 4.64. The highest BCUT2D eigenvalue weighted by Gasteiger charge is 2.13. The monoisotopic (exact) mass is 187 g/mol. The van der Waals surface area contributed by atoms with Crippen molar-refractivity contribution in [2.75, 3.05) is 0 Å². The molecule has 0 fully saturated rings. The van der Waals surface area contributed by atoms with Gasteiger partial charge in [0.1, 0.15) is 11.6 Å². The first kappa shape index (κ1) is 11.7. The zero-order chi connectivity index (χ0) is 10.5. The minimum Gasteiger partial charge on any atom is -0.481 e. The van der Waals surface area contributed by atoms with Crippen molar-refractivity contribution < 1.29 is 19.5 Å². The first-order valence-corrected chi connectivity index (χ1v) is 3.75. The average Bonchev–Trinajstić information content (AvgIpc) is 1.95. The molecule has 0 aliphatic carbocycles. The minimum atomic E-state index is -1.11. The average molecular weight is 187 g/mol. The summed E-state index contributed by atoms with van der Waals surface area (Å²) in [4.78, 5) is 25.4. The molecule has 0 unspecified atom stereocenters. The Morgan fingerprint density at radius 2 is 2.08 bits per heavy atom. The van der Waals surface area contributed by atoms with Crippen LogP contribution in [0.2, 0.25) is 0 Å². The zero-order valence-corrected chi connectivity index (χ0v) is 7.88. The molecule has 0 saturated heterocycles. The van der Waals surface area contributed by atoms with E-state index >= 15 is 0 Å². The van der Waals surface area contributed by atoms with Crippen molar-refractivity contribution in [3.05, 3.63) is 5.70 Å². The van der Waals surface area contributed by atoms with E-state index in [-0.39, 0.29) is 5.70 Å². The minimum absolute atomic E-state index is 0.123. The molecule has 0 saturated carbocycles. The maximum atomic E-state index is 10.2. The summed E-state index contributed by atoms with van der Waals surface area (Å²) in [5.74, 6) is 0.348. The Hall–Kier alpha value is -1.32. The molecule has 74 valence electrons. The number of carboxylic acids is 1. The van der Waals surface area contributed by atoms with Gasteiger partial charge < -0.3 is 5.11 Å². The normalized spacial score (nSPS) is 10.4. The van der Waals surface area contributed by atoms with Gasteiger partial charge in [0.2, 0.25) is 0 Å². The largest absolute Gasteiger partial charge is 0.481 e. The lowest BCUT2D eigenvalue weighted by molar-refractivity contribution is -0.137. The molecule has 0 aliphatic heterocycles. The number of nitrogens with one attached hydrogen (secondary N) is 1. The molecule has 2 N–H and O–H groups in total. The van der Waals surface area contributed by atoms with Crippen LogP contribution in [0.15, 0.2) is 5.70 Å². The third-order valence-corrected chi connectivity index (χ3v) is 0.932. The van der Waals surface area contributed by atoms with Gasteiger partial charge in [-0.05, 0) is 20.8 Å². The maximum absolute atomic E-state index is 10.2. The fourth-order valence-electron chi connectivity index (χ4n) is 0.459. The fourth-order valence-corrected chi connectivity index (χ4v) is 0.459. The summed E-state index contributed by atoms with van der Waals surface area (Å²) in [6, 6.07) is 0. The lowest BCUT2D eigenvalue weighted by atomic mass is 10.2. The number of carbonyl (C=O) groups excluding carboxylic acids is 1. The number of hydrogen-bond donors (Lipinski definition) is 2. The van der Waals surface area contributed by atoms with Crippen LogP contribution < -0.4 is 5.48 Å². The summed E-state index contributed by atoms with van der Waals surface area (Å²) >= 11 is 0.